The zero-order chi connectivity index (χ0) is 17.0. The molecule has 0 fully saturated rings. The quantitative estimate of drug-likeness (QED) is 0.599. The number of hydrogen-bond donors (Lipinski definition) is 0. The summed E-state index contributed by atoms with van der Waals surface area (Å²) in [5.41, 5.74) is 1.41. The second-order valence-electron chi connectivity index (χ2n) is 5.34. The number of benzene rings is 2. The Hall–Kier alpha value is -2.41. The van der Waals surface area contributed by atoms with Gasteiger partial charge in [0.2, 0.25) is 0 Å². The van der Waals surface area contributed by atoms with Crippen molar-refractivity contribution in [3.63, 3.8) is 0 Å². The predicted molar refractivity (Wildman–Crippen MR) is 89.6 cm³/mol. The Bertz CT molecular complexity index is 804. The summed E-state index contributed by atoms with van der Waals surface area (Å²) in [5.74, 6) is 0. The van der Waals surface area contributed by atoms with Gasteiger partial charge in [-0.25, -0.2) is 8.42 Å². The maximum Gasteiger partial charge on any atom is 0.288 e. The van der Waals surface area contributed by atoms with Crippen molar-refractivity contribution in [2.45, 2.75) is 11.3 Å². The molecule has 0 saturated heterocycles. The van der Waals surface area contributed by atoms with Gasteiger partial charge < -0.3 is 4.90 Å². The van der Waals surface area contributed by atoms with Gasteiger partial charge in [0.1, 0.15) is 4.90 Å². The third kappa shape index (κ3) is 4.29. The minimum absolute atomic E-state index is 0.258. The van der Waals surface area contributed by atoms with Gasteiger partial charge >= 0.3 is 0 Å². The summed E-state index contributed by atoms with van der Waals surface area (Å²) in [6, 6.07) is 14.1. The van der Waals surface area contributed by atoms with E-state index in [1.165, 1.54) is 17.7 Å². The molecule has 0 radical (unpaired) electrons. The second-order valence-corrected chi connectivity index (χ2v) is 7.32. The number of nitro groups is 1. The van der Waals surface area contributed by atoms with Crippen LogP contribution in [0.4, 0.5) is 11.4 Å². The Balaban J connectivity index is 2.24. The smallest absolute Gasteiger partial charge is 0.288 e. The Labute approximate surface area is 135 Å². The molecule has 2 rings (SSSR count). The Morgan fingerprint density at radius 2 is 1.78 bits per heavy atom. The molecule has 0 aliphatic rings. The molecule has 0 atom stereocenters. The first-order valence-electron chi connectivity index (χ1n) is 7.02. The summed E-state index contributed by atoms with van der Waals surface area (Å²) in [7, 11) is -1.84. The van der Waals surface area contributed by atoms with Crippen molar-refractivity contribution in [1.29, 1.82) is 0 Å². The molecule has 0 unspecified atom stereocenters. The van der Waals surface area contributed by atoms with Crippen LogP contribution in [0.1, 0.15) is 5.56 Å². The van der Waals surface area contributed by atoms with Gasteiger partial charge in [0.25, 0.3) is 5.69 Å². The summed E-state index contributed by atoms with van der Waals surface area (Å²) in [4.78, 5) is 11.9. The molecule has 0 spiro atoms. The lowest BCUT2D eigenvalue weighted by Crippen LogP contribution is -2.20. The van der Waals surface area contributed by atoms with Crippen molar-refractivity contribution in [1.82, 2.24) is 0 Å². The lowest BCUT2D eigenvalue weighted by Gasteiger charge is -2.20. The summed E-state index contributed by atoms with van der Waals surface area (Å²) in [6.07, 6.45) is 1.77. The van der Waals surface area contributed by atoms with Crippen molar-refractivity contribution in [3.8, 4) is 0 Å². The number of nitro benzene ring substituents is 1. The maximum absolute atomic E-state index is 11.8. The number of likely N-dealkylation sites (N-methyl/N-ethyl adjacent to an activating group) is 1. The highest BCUT2D eigenvalue weighted by molar-refractivity contribution is 7.90. The molecule has 2 aromatic carbocycles. The second kappa shape index (κ2) is 6.78. The number of nitrogens with zero attached hydrogens (tertiary/aromatic N) is 2. The lowest BCUT2D eigenvalue weighted by molar-refractivity contribution is -0.387. The molecule has 0 bridgehead atoms. The highest BCUT2D eigenvalue weighted by atomic mass is 32.2. The van der Waals surface area contributed by atoms with Crippen LogP contribution in [0.15, 0.2) is 53.4 Å². The van der Waals surface area contributed by atoms with Gasteiger partial charge in [-0.1, -0.05) is 30.3 Å². The van der Waals surface area contributed by atoms with Crippen LogP contribution < -0.4 is 4.90 Å². The van der Waals surface area contributed by atoms with Crippen molar-refractivity contribution < 1.29 is 13.3 Å². The highest BCUT2D eigenvalue weighted by Crippen LogP contribution is 2.28. The molecule has 2 aromatic rings. The van der Waals surface area contributed by atoms with Crippen LogP contribution in [0.25, 0.3) is 0 Å². The van der Waals surface area contributed by atoms with Crippen LogP contribution in [0.3, 0.4) is 0 Å². The fourth-order valence-corrected chi connectivity index (χ4v) is 3.12. The van der Waals surface area contributed by atoms with E-state index in [2.05, 4.69) is 0 Å². The fraction of sp³-hybridized carbons (Fsp3) is 0.250. The van der Waals surface area contributed by atoms with E-state index in [4.69, 9.17) is 0 Å². The van der Waals surface area contributed by atoms with Crippen molar-refractivity contribution in [3.05, 3.63) is 64.2 Å². The Morgan fingerprint density at radius 3 is 2.35 bits per heavy atom. The van der Waals surface area contributed by atoms with E-state index >= 15 is 0 Å². The SMILES string of the molecule is CN(CCc1ccccc1)c1ccc([N+](=O)[O-])c(S(C)(=O)=O)c1. The Kier molecular flexibility index (Phi) is 5.00. The third-order valence-corrected chi connectivity index (χ3v) is 4.68. The van der Waals surface area contributed by atoms with E-state index in [-0.39, 0.29) is 4.90 Å². The van der Waals surface area contributed by atoms with E-state index in [9.17, 15) is 18.5 Å². The van der Waals surface area contributed by atoms with Crippen LogP contribution in [-0.4, -0.2) is 33.2 Å². The topological polar surface area (TPSA) is 80.5 Å². The van der Waals surface area contributed by atoms with E-state index in [1.54, 1.807) is 6.07 Å². The largest absolute Gasteiger partial charge is 0.374 e. The van der Waals surface area contributed by atoms with Gasteiger partial charge in [0.05, 0.1) is 4.92 Å². The van der Waals surface area contributed by atoms with Crippen molar-refractivity contribution in [2.24, 2.45) is 0 Å². The molecule has 6 nitrogen and oxygen atoms in total. The summed E-state index contributed by atoms with van der Waals surface area (Å²) in [6.45, 7) is 0.672. The van der Waals surface area contributed by atoms with Crippen molar-refractivity contribution in [2.75, 3.05) is 24.7 Å². The minimum Gasteiger partial charge on any atom is -0.374 e. The molecule has 0 saturated carbocycles. The standard InChI is InChI=1S/C16H18N2O4S/c1-17(11-10-13-6-4-3-5-7-13)14-8-9-15(18(19)20)16(12-14)23(2,21)22/h3-9,12H,10-11H2,1-2H3. The van der Waals surface area contributed by atoms with E-state index in [0.29, 0.717) is 12.2 Å². The molecular weight excluding hydrogens is 316 g/mol. The van der Waals surface area contributed by atoms with Gasteiger partial charge in [-0.3, -0.25) is 10.1 Å². The molecule has 7 heteroatoms. The number of rotatable bonds is 6. The summed E-state index contributed by atoms with van der Waals surface area (Å²) in [5, 5.41) is 11.0. The first kappa shape index (κ1) is 17.0. The van der Waals surface area contributed by atoms with Gasteiger partial charge in [-0.05, 0) is 24.1 Å². The van der Waals surface area contributed by atoms with Crippen LogP contribution in [0.5, 0.6) is 0 Å². The molecule has 122 valence electrons. The average Bonchev–Trinajstić information content (AvgIpc) is 2.52. The predicted octanol–water partition coefficient (Wildman–Crippen LogP) is 2.68. The first-order valence-corrected chi connectivity index (χ1v) is 8.92. The van der Waals surface area contributed by atoms with Gasteiger partial charge in [0.15, 0.2) is 9.84 Å². The zero-order valence-electron chi connectivity index (χ0n) is 13.0. The van der Waals surface area contributed by atoms with E-state index in [0.717, 1.165) is 12.7 Å². The molecule has 23 heavy (non-hydrogen) atoms. The normalized spacial score (nSPS) is 11.2. The number of sulfone groups is 1. The van der Waals surface area contributed by atoms with Crippen LogP contribution in [-0.2, 0) is 16.3 Å². The van der Waals surface area contributed by atoms with Gasteiger partial charge in [-0.2, -0.15) is 0 Å². The molecule has 0 aliphatic heterocycles. The highest BCUT2D eigenvalue weighted by Gasteiger charge is 2.23. The third-order valence-electron chi connectivity index (χ3n) is 3.56. The molecule has 0 heterocycles. The average molecular weight is 334 g/mol. The van der Waals surface area contributed by atoms with Gasteiger partial charge in [0, 0.05) is 31.6 Å². The Morgan fingerprint density at radius 1 is 1.13 bits per heavy atom. The maximum atomic E-state index is 11.8. The van der Waals surface area contributed by atoms with Crippen LogP contribution in [0.2, 0.25) is 0 Å². The lowest BCUT2D eigenvalue weighted by atomic mass is 10.1. The molecule has 0 aliphatic carbocycles. The first-order chi connectivity index (χ1) is 10.8. The molecular formula is C16H18N2O4S. The number of hydrogen-bond acceptors (Lipinski definition) is 5. The fourth-order valence-electron chi connectivity index (χ4n) is 2.26. The number of anilines is 1. The molecule has 0 N–H and O–H groups in total. The van der Waals surface area contributed by atoms with Crippen LogP contribution >= 0.6 is 0 Å². The van der Waals surface area contributed by atoms with Crippen molar-refractivity contribution >= 4 is 21.2 Å². The van der Waals surface area contributed by atoms with Gasteiger partial charge in [-0.15, -0.1) is 0 Å². The zero-order valence-corrected chi connectivity index (χ0v) is 13.8. The monoisotopic (exact) mass is 334 g/mol. The van der Waals surface area contributed by atoms with E-state index in [1.807, 2.05) is 42.3 Å². The van der Waals surface area contributed by atoms with Crippen LogP contribution in [0, 0.1) is 10.1 Å². The summed E-state index contributed by atoms with van der Waals surface area (Å²) < 4.78 is 23.6. The molecule has 0 aromatic heterocycles. The van der Waals surface area contributed by atoms with E-state index < -0.39 is 20.4 Å². The molecule has 0 amide bonds. The minimum atomic E-state index is -3.67. The summed E-state index contributed by atoms with van der Waals surface area (Å²) >= 11 is 0.